The maximum absolute atomic E-state index is 12.2. The number of rotatable bonds is 5. The Kier molecular flexibility index (Phi) is 5.00. The summed E-state index contributed by atoms with van der Waals surface area (Å²) in [5.74, 6) is -0.168. The first-order valence-corrected chi connectivity index (χ1v) is 6.94. The minimum absolute atomic E-state index is 0.108. The summed E-state index contributed by atoms with van der Waals surface area (Å²) < 4.78 is 0. The molecule has 5 nitrogen and oxygen atoms in total. The zero-order chi connectivity index (χ0) is 15.2. The fraction of sp³-hybridized carbons (Fsp3) is 0.312. The Morgan fingerprint density at radius 2 is 1.90 bits per heavy atom. The van der Waals surface area contributed by atoms with Crippen molar-refractivity contribution >= 4 is 5.91 Å². The van der Waals surface area contributed by atoms with Gasteiger partial charge in [-0.15, -0.1) is 0 Å². The Labute approximate surface area is 124 Å². The first-order valence-electron chi connectivity index (χ1n) is 6.94. The van der Waals surface area contributed by atoms with Crippen molar-refractivity contribution in [1.29, 1.82) is 0 Å². The summed E-state index contributed by atoms with van der Waals surface area (Å²) in [4.78, 5) is 20.8. The average molecular weight is 285 g/mol. The lowest BCUT2D eigenvalue weighted by Crippen LogP contribution is -2.24. The van der Waals surface area contributed by atoms with Crippen LogP contribution in [0, 0.1) is 6.92 Å². The van der Waals surface area contributed by atoms with Gasteiger partial charge in [-0.25, -0.2) is 0 Å². The van der Waals surface area contributed by atoms with Crippen molar-refractivity contribution < 1.29 is 9.90 Å². The third kappa shape index (κ3) is 3.86. The molecule has 0 aliphatic rings. The molecule has 0 unspecified atom stereocenters. The summed E-state index contributed by atoms with van der Waals surface area (Å²) in [6, 6.07) is 9.02. The number of aliphatic hydroxyl groups is 1. The van der Waals surface area contributed by atoms with E-state index >= 15 is 0 Å². The number of hydrogen-bond acceptors (Lipinski definition) is 4. The normalized spacial score (nSPS) is 10.4. The number of aromatic nitrogens is 2. The van der Waals surface area contributed by atoms with Gasteiger partial charge in [-0.2, -0.15) is 0 Å². The van der Waals surface area contributed by atoms with Gasteiger partial charge in [-0.05, 0) is 37.6 Å². The van der Waals surface area contributed by atoms with Crippen molar-refractivity contribution in [1.82, 2.24) is 15.3 Å². The number of amides is 1. The lowest BCUT2D eigenvalue weighted by atomic mass is 10.1. The Morgan fingerprint density at radius 1 is 1.14 bits per heavy atom. The maximum Gasteiger partial charge on any atom is 0.253 e. The summed E-state index contributed by atoms with van der Waals surface area (Å²) in [5.41, 5.74) is 3.58. The van der Waals surface area contributed by atoms with E-state index in [2.05, 4.69) is 15.3 Å². The van der Waals surface area contributed by atoms with Gasteiger partial charge in [0.2, 0.25) is 0 Å². The van der Waals surface area contributed by atoms with Crippen LogP contribution in [0.2, 0.25) is 0 Å². The Balaban J connectivity index is 2.04. The number of carbonyl (C=O) groups is 1. The monoisotopic (exact) mass is 285 g/mol. The van der Waals surface area contributed by atoms with Gasteiger partial charge in [0.15, 0.2) is 0 Å². The quantitative estimate of drug-likeness (QED) is 0.878. The summed E-state index contributed by atoms with van der Waals surface area (Å²) in [7, 11) is 0. The van der Waals surface area contributed by atoms with Gasteiger partial charge < -0.3 is 10.4 Å². The molecule has 21 heavy (non-hydrogen) atoms. The van der Waals surface area contributed by atoms with E-state index in [1.165, 1.54) is 0 Å². The van der Waals surface area contributed by atoms with E-state index in [1.807, 2.05) is 32.0 Å². The lowest BCUT2D eigenvalue weighted by molar-refractivity contribution is 0.0949. The molecule has 2 aromatic rings. The van der Waals surface area contributed by atoms with Crippen LogP contribution in [0.3, 0.4) is 0 Å². The molecular formula is C16H19N3O2. The summed E-state index contributed by atoms with van der Waals surface area (Å²) >= 11 is 0. The average Bonchev–Trinajstić information content (AvgIpc) is 2.52. The zero-order valence-corrected chi connectivity index (χ0v) is 12.3. The second-order valence-electron chi connectivity index (χ2n) is 4.75. The highest BCUT2D eigenvalue weighted by atomic mass is 16.3. The first-order chi connectivity index (χ1) is 10.1. The predicted octanol–water partition coefficient (Wildman–Crippen LogP) is 1.77. The van der Waals surface area contributed by atoms with Crippen LogP contribution < -0.4 is 5.32 Å². The van der Waals surface area contributed by atoms with Gasteiger partial charge in [0, 0.05) is 5.69 Å². The summed E-state index contributed by atoms with van der Waals surface area (Å²) in [5, 5.41) is 11.9. The van der Waals surface area contributed by atoms with Gasteiger partial charge in [0.25, 0.3) is 5.91 Å². The van der Waals surface area contributed by atoms with Gasteiger partial charge in [0.05, 0.1) is 35.8 Å². The molecule has 2 rings (SSSR count). The molecule has 0 fully saturated rings. The van der Waals surface area contributed by atoms with Crippen molar-refractivity contribution in [3.63, 3.8) is 0 Å². The van der Waals surface area contributed by atoms with Crippen LogP contribution in [0.25, 0.3) is 0 Å². The smallest absolute Gasteiger partial charge is 0.253 e. The van der Waals surface area contributed by atoms with Gasteiger partial charge in [-0.1, -0.05) is 13.0 Å². The number of nitrogens with zero attached hydrogens (tertiary/aromatic N) is 2. The van der Waals surface area contributed by atoms with E-state index in [-0.39, 0.29) is 12.5 Å². The van der Waals surface area contributed by atoms with E-state index in [0.29, 0.717) is 23.5 Å². The molecule has 1 amide bonds. The molecule has 0 aliphatic carbocycles. The molecule has 0 bridgehead atoms. The van der Waals surface area contributed by atoms with Crippen LogP contribution in [0.1, 0.15) is 40.1 Å². The van der Waals surface area contributed by atoms with Crippen molar-refractivity contribution in [3.8, 4) is 0 Å². The van der Waals surface area contributed by atoms with Gasteiger partial charge in [0.1, 0.15) is 0 Å². The van der Waals surface area contributed by atoms with Crippen molar-refractivity contribution in [2.24, 2.45) is 0 Å². The molecule has 5 heteroatoms. The minimum atomic E-state index is -0.168. The Hall–Kier alpha value is -2.27. The Morgan fingerprint density at radius 3 is 2.57 bits per heavy atom. The third-order valence-electron chi connectivity index (χ3n) is 3.21. The fourth-order valence-electron chi connectivity index (χ4n) is 2.03. The second kappa shape index (κ2) is 6.95. The topological polar surface area (TPSA) is 75.1 Å². The third-order valence-corrected chi connectivity index (χ3v) is 3.21. The molecule has 0 saturated heterocycles. The van der Waals surface area contributed by atoms with Crippen molar-refractivity contribution in [2.75, 3.05) is 0 Å². The number of hydrogen-bond donors (Lipinski definition) is 2. The van der Waals surface area contributed by atoms with E-state index in [4.69, 9.17) is 5.11 Å². The molecule has 0 aromatic carbocycles. The molecule has 0 saturated carbocycles. The van der Waals surface area contributed by atoms with E-state index in [1.54, 1.807) is 12.1 Å². The highest BCUT2D eigenvalue weighted by molar-refractivity contribution is 5.95. The van der Waals surface area contributed by atoms with Crippen LogP contribution in [0.15, 0.2) is 30.3 Å². The van der Waals surface area contributed by atoms with E-state index in [9.17, 15) is 4.79 Å². The van der Waals surface area contributed by atoms with Crippen LogP contribution >= 0.6 is 0 Å². The lowest BCUT2D eigenvalue weighted by Gasteiger charge is -2.08. The molecule has 2 N–H and O–H groups in total. The van der Waals surface area contributed by atoms with Gasteiger partial charge in [-0.3, -0.25) is 14.8 Å². The first kappa shape index (κ1) is 15.1. The molecular weight excluding hydrogens is 266 g/mol. The SMILES string of the molecule is CCc1ccc(C(=O)NCc2cccc(CO)n2)c(C)n1. The van der Waals surface area contributed by atoms with Crippen LogP contribution in [-0.4, -0.2) is 21.0 Å². The standard InChI is InChI=1S/C16H19N3O2/c1-3-12-7-8-15(11(2)18-12)16(21)17-9-13-5-4-6-14(10-20)19-13/h4-8,20H,3,9-10H2,1-2H3,(H,17,21). The molecule has 0 spiro atoms. The maximum atomic E-state index is 12.2. The fourth-order valence-corrected chi connectivity index (χ4v) is 2.03. The highest BCUT2D eigenvalue weighted by Crippen LogP contribution is 2.08. The summed E-state index contributed by atoms with van der Waals surface area (Å²) in [6.45, 7) is 4.07. The zero-order valence-electron chi connectivity index (χ0n) is 12.3. The highest BCUT2D eigenvalue weighted by Gasteiger charge is 2.10. The van der Waals surface area contributed by atoms with Crippen molar-refractivity contribution in [2.45, 2.75) is 33.4 Å². The van der Waals surface area contributed by atoms with E-state index in [0.717, 1.165) is 17.8 Å². The molecule has 0 atom stereocenters. The van der Waals surface area contributed by atoms with Crippen LogP contribution in [0.4, 0.5) is 0 Å². The predicted molar refractivity (Wildman–Crippen MR) is 79.7 cm³/mol. The molecule has 2 heterocycles. The number of nitrogens with one attached hydrogen (secondary N) is 1. The van der Waals surface area contributed by atoms with Crippen molar-refractivity contribution in [3.05, 3.63) is 58.7 Å². The summed E-state index contributed by atoms with van der Waals surface area (Å²) in [6.07, 6.45) is 0.848. The van der Waals surface area contributed by atoms with Crippen LogP contribution in [0.5, 0.6) is 0 Å². The van der Waals surface area contributed by atoms with Crippen LogP contribution in [-0.2, 0) is 19.6 Å². The minimum Gasteiger partial charge on any atom is -0.390 e. The van der Waals surface area contributed by atoms with E-state index < -0.39 is 0 Å². The number of aliphatic hydroxyl groups excluding tert-OH is 1. The molecule has 110 valence electrons. The molecule has 2 aromatic heterocycles. The number of pyridine rings is 2. The second-order valence-corrected chi connectivity index (χ2v) is 4.75. The largest absolute Gasteiger partial charge is 0.390 e. The number of carbonyl (C=O) groups excluding carboxylic acids is 1. The molecule has 0 radical (unpaired) electrons. The van der Waals surface area contributed by atoms with Gasteiger partial charge >= 0.3 is 0 Å². The Bertz CT molecular complexity index is 641. The molecule has 0 aliphatic heterocycles. The number of aryl methyl sites for hydroxylation is 2.